The molecular weight excluding hydrogens is 327 g/mol. The molecule has 0 unspecified atom stereocenters. The van der Waals surface area contributed by atoms with Crippen LogP contribution >= 0.6 is 0 Å². The van der Waals surface area contributed by atoms with Gasteiger partial charge in [-0.1, -0.05) is 0 Å². The maximum Gasteiger partial charge on any atom is 0.338 e. The highest BCUT2D eigenvalue weighted by atomic mass is 32.2. The number of hydrogen-bond donors (Lipinski definition) is 2. The highest BCUT2D eigenvalue weighted by Gasteiger charge is 2.21. The Morgan fingerprint density at radius 3 is 2.57 bits per heavy atom. The zero-order valence-electron chi connectivity index (χ0n) is 12.2. The number of hydrogen-bond acceptors (Lipinski definition) is 5. The highest BCUT2D eigenvalue weighted by Crippen LogP contribution is 2.30. The molecule has 0 radical (unpaired) electrons. The van der Waals surface area contributed by atoms with E-state index in [4.69, 9.17) is 9.84 Å². The molecule has 2 aromatic rings. The molecule has 0 aliphatic rings. The molecule has 0 saturated heterocycles. The van der Waals surface area contributed by atoms with Gasteiger partial charge in [0.25, 0.3) is 10.0 Å². The van der Waals surface area contributed by atoms with Gasteiger partial charge >= 0.3 is 5.97 Å². The largest absolute Gasteiger partial charge is 0.495 e. The van der Waals surface area contributed by atoms with Gasteiger partial charge in [-0.25, -0.2) is 17.6 Å². The summed E-state index contributed by atoms with van der Waals surface area (Å²) in [5.41, 5.74) is -0.203. The van der Waals surface area contributed by atoms with Crippen molar-refractivity contribution in [3.05, 3.63) is 47.5 Å². The summed E-state index contributed by atoms with van der Waals surface area (Å²) in [6.45, 7) is 1.67. The molecule has 7 nitrogen and oxygen atoms in total. The molecule has 1 aromatic heterocycles. The second-order valence-electron chi connectivity index (χ2n) is 4.64. The Bertz CT molecular complexity index is 867. The lowest BCUT2D eigenvalue weighted by atomic mass is 10.2. The average molecular weight is 340 g/mol. The first kappa shape index (κ1) is 16.7. The number of ether oxygens (including phenoxy) is 1. The lowest BCUT2D eigenvalue weighted by Gasteiger charge is -2.13. The monoisotopic (exact) mass is 340 g/mol. The number of nitrogens with one attached hydrogen (secondary N) is 1. The second-order valence-corrected chi connectivity index (χ2v) is 6.32. The minimum atomic E-state index is -4.02. The molecule has 1 heterocycles. The van der Waals surface area contributed by atoms with Crippen LogP contribution in [-0.2, 0) is 10.0 Å². The van der Waals surface area contributed by atoms with E-state index in [1.807, 2.05) is 0 Å². The molecule has 0 bridgehead atoms. The predicted molar refractivity (Wildman–Crippen MR) is 79.7 cm³/mol. The second kappa shape index (κ2) is 6.21. The van der Waals surface area contributed by atoms with Crippen molar-refractivity contribution >= 4 is 21.7 Å². The van der Waals surface area contributed by atoms with Crippen molar-refractivity contribution < 1.29 is 27.4 Å². The van der Waals surface area contributed by atoms with Crippen LogP contribution < -0.4 is 9.46 Å². The number of nitrogens with zero attached hydrogens (tertiary/aromatic N) is 1. The van der Waals surface area contributed by atoms with E-state index >= 15 is 0 Å². The zero-order valence-corrected chi connectivity index (χ0v) is 13.0. The Morgan fingerprint density at radius 2 is 2.00 bits per heavy atom. The fraction of sp³-hybridized carbons (Fsp3) is 0.143. The van der Waals surface area contributed by atoms with Crippen LogP contribution in [0.2, 0.25) is 0 Å². The van der Waals surface area contributed by atoms with Gasteiger partial charge in [-0.15, -0.1) is 0 Å². The minimum absolute atomic E-state index is 0.109. The van der Waals surface area contributed by atoms with Gasteiger partial charge in [0.15, 0.2) is 0 Å². The Labute approximate surface area is 131 Å². The van der Waals surface area contributed by atoms with Crippen molar-refractivity contribution in [1.82, 2.24) is 4.98 Å². The lowest BCUT2D eigenvalue weighted by molar-refractivity contribution is 0.0691. The highest BCUT2D eigenvalue weighted by molar-refractivity contribution is 7.92. The van der Waals surface area contributed by atoms with Gasteiger partial charge in [-0.3, -0.25) is 9.71 Å². The van der Waals surface area contributed by atoms with Crippen molar-refractivity contribution in [3.63, 3.8) is 0 Å². The average Bonchev–Trinajstić information content (AvgIpc) is 2.46. The van der Waals surface area contributed by atoms with Crippen molar-refractivity contribution in [3.8, 4) is 5.75 Å². The van der Waals surface area contributed by atoms with Crippen LogP contribution in [0.1, 0.15) is 15.9 Å². The molecule has 0 aliphatic carbocycles. The first-order valence-corrected chi connectivity index (χ1v) is 7.78. The quantitative estimate of drug-likeness (QED) is 0.863. The maximum absolute atomic E-state index is 13.8. The molecule has 2 rings (SSSR count). The van der Waals surface area contributed by atoms with Gasteiger partial charge in [-0.05, 0) is 24.6 Å². The van der Waals surface area contributed by atoms with E-state index in [-0.39, 0.29) is 16.3 Å². The molecule has 122 valence electrons. The standard InChI is InChI=1S/C14H13FN2O5S/c1-8-3-9(7-16-6-8)23(20,21)17-12-5-11(15)10(14(18)19)4-13(12)22-2/h3-7,17H,1-2H3,(H,18,19). The number of aryl methyl sites for hydroxylation is 1. The van der Waals surface area contributed by atoms with Crippen molar-refractivity contribution in [1.29, 1.82) is 0 Å². The van der Waals surface area contributed by atoms with E-state index in [1.165, 1.54) is 19.4 Å². The third-order valence-corrected chi connectivity index (χ3v) is 4.26. The normalized spacial score (nSPS) is 11.1. The topological polar surface area (TPSA) is 106 Å². The molecule has 0 amide bonds. The Kier molecular flexibility index (Phi) is 4.50. The van der Waals surface area contributed by atoms with Crippen LogP contribution in [0.15, 0.2) is 35.5 Å². The number of carboxylic acids is 1. The summed E-state index contributed by atoms with van der Waals surface area (Å²) >= 11 is 0. The number of aromatic nitrogens is 1. The van der Waals surface area contributed by atoms with Crippen LogP contribution in [-0.4, -0.2) is 31.6 Å². The fourth-order valence-corrected chi connectivity index (χ4v) is 2.95. The van der Waals surface area contributed by atoms with Crippen LogP contribution in [0.5, 0.6) is 5.75 Å². The number of pyridine rings is 1. The van der Waals surface area contributed by atoms with Crippen LogP contribution in [0.4, 0.5) is 10.1 Å². The number of anilines is 1. The third kappa shape index (κ3) is 3.57. The number of benzene rings is 1. The van der Waals surface area contributed by atoms with Gasteiger partial charge in [0, 0.05) is 18.5 Å². The SMILES string of the molecule is COc1cc(C(=O)O)c(F)cc1NS(=O)(=O)c1cncc(C)c1. The van der Waals surface area contributed by atoms with E-state index in [2.05, 4.69) is 9.71 Å². The molecule has 9 heteroatoms. The molecule has 0 fully saturated rings. The maximum atomic E-state index is 13.8. The first-order chi connectivity index (χ1) is 10.7. The molecular formula is C14H13FN2O5S. The van der Waals surface area contributed by atoms with E-state index in [9.17, 15) is 17.6 Å². The van der Waals surface area contributed by atoms with Gasteiger partial charge < -0.3 is 9.84 Å². The van der Waals surface area contributed by atoms with Crippen LogP contribution in [0, 0.1) is 12.7 Å². The van der Waals surface area contributed by atoms with Gasteiger partial charge in [0.1, 0.15) is 16.5 Å². The number of halogens is 1. The molecule has 0 saturated carbocycles. The fourth-order valence-electron chi connectivity index (χ4n) is 1.84. The van der Waals surface area contributed by atoms with E-state index in [0.717, 1.165) is 18.3 Å². The van der Waals surface area contributed by atoms with E-state index in [1.54, 1.807) is 6.92 Å². The summed E-state index contributed by atoms with van der Waals surface area (Å²) < 4.78 is 45.5. The van der Waals surface area contributed by atoms with Crippen molar-refractivity contribution in [2.24, 2.45) is 0 Å². The molecule has 0 atom stereocenters. The number of carboxylic acid groups (broad SMARTS) is 1. The summed E-state index contributed by atoms with van der Waals surface area (Å²) in [5.74, 6) is -2.69. The minimum Gasteiger partial charge on any atom is -0.495 e. The third-order valence-electron chi connectivity index (χ3n) is 2.92. The summed E-state index contributed by atoms with van der Waals surface area (Å²) in [6, 6.07) is 3.05. The van der Waals surface area contributed by atoms with Gasteiger partial charge in [0.2, 0.25) is 0 Å². The number of sulfonamides is 1. The smallest absolute Gasteiger partial charge is 0.338 e. The Balaban J connectivity index is 2.47. The molecule has 1 aromatic carbocycles. The van der Waals surface area contributed by atoms with Crippen molar-refractivity contribution in [2.75, 3.05) is 11.8 Å². The first-order valence-electron chi connectivity index (χ1n) is 6.30. The summed E-state index contributed by atoms with van der Waals surface area (Å²) in [7, 11) is -2.81. The van der Waals surface area contributed by atoms with Crippen molar-refractivity contribution in [2.45, 2.75) is 11.8 Å². The Hall–Kier alpha value is -2.68. The van der Waals surface area contributed by atoms with Gasteiger partial charge in [-0.2, -0.15) is 0 Å². The van der Waals surface area contributed by atoms with Gasteiger partial charge in [0.05, 0.1) is 18.4 Å². The summed E-state index contributed by atoms with van der Waals surface area (Å²) in [4.78, 5) is 14.6. The van der Waals surface area contributed by atoms with E-state index < -0.39 is 27.4 Å². The lowest BCUT2D eigenvalue weighted by Crippen LogP contribution is -2.15. The number of aromatic carboxylic acids is 1. The predicted octanol–water partition coefficient (Wildman–Crippen LogP) is 2.04. The summed E-state index contributed by atoms with van der Waals surface area (Å²) in [6.07, 6.45) is 2.63. The number of methoxy groups -OCH3 is 1. The molecule has 0 aliphatic heterocycles. The molecule has 0 spiro atoms. The molecule has 2 N–H and O–H groups in total. The van der Waals surface area contributed by atoms with Crippen LogP contribution in [0.3, 0.4) is 0 Å². The summed E-state index contributed by atoms with van der Waals surface area (Å²) in [5, 5.41) is 8.88. The van der Waals surface area contributed by atoms with E-state index in [0.29, 0.717) is 5.56 Å². The number of carbonyl (C=O) groups is 1. The van der Waals surface area contributed by atoms with Crippen LogP contribution in [0.25, 0.3) is 0 Å². The zero-order chi connectivity index (χ0) is 17.2. The molecule has 23 heavy (non-hydrogen) atoms. The Morgan fingerprint density at radius 1 is 1.30 bits per heavy atom. The number of rotatable bonds is 5.